The topological polar surface area (TPSA) is 52.8 Å². The lowest BCUT2D eigenvalue weighted by molar-refractivity contribution is 0.328. The molecule has 0 atom stereocenters. The minimum absolute atomic E-state index is 0.558. The molecule has 2 aromatic heterocycles. The van der Waals surface area contributed by atoms with E-state index < -0.39 is 0 Å². The molecule has 0 unspecified atom stereocenters. The van der Waals surface area contributed by atoms with Gasteiger partial charge in [0.15, 0.2) is 0 Å². The second-order valence-electron chi connectivity index (χ2n) is 5.35. The molecule has 1 aromatic carbocycles. The minimum Gasteiger partial charge on any atom is -0.478 e. The Morgan fingerprint density at radius 2 is 2.04 bits per heavy atom. The number of aromatic nitrogens is 4. The molecule has 0 bridgehead atoms. The number of aryl methyl sites for hydroxylation is 1. The van der Waals surface area contributed by atoms with E-state index in [2.05, 4.69) is 21.1 Å². The van der Waals surface area contributed by atoms with Gasteiger partial charge in [-0.25, -0.2) is 14.6 Å². The summed E-state index contributed by atoms with van der Waals surface area (Å²) >= 11 is 6.13. The number of ether oxygens (including phenoxy) is 1. The van der Waals surface area contributed by atoms with Crippen LogP contribution in [-0.2, 0) is 13.0 Å². The van der Waals surface area contributed by atoms with E-state index in [1.54, 1.807) is 6.33 Å². The van der Waals surface area contributed by atoms with Crippen LogP contribution in [0.2, 0.25) is 5.02 Å². The summed E-state index contributed by atoms with van der Waals surface area (Å²) in [4.78, 5) is 8.73. The summed E-state index contributed by atoms with van der Waals surface area (Å²) in [5.74, 6) is 1.44. The SMILES string of the molecule is CCOc1ncc(Cn2cnc(CC)n2)cc1-c1cccc(Cl)c1. The number of nitrogens with zero attached hydrogens (tertiary/aromatic N) is 4. The maximum Gasteiger partial charge on any atom is 0.221 e. The summed E-state index contributed by atoms with van der Waals surface area (Å²) in [6, 6.07) is 9.75. The van der Waals surface area contributed by atoms with E-state index in [9.17, 15) is 0 Å². The molecule has 0 spiro atoms. The Balaban J connectivity index is 1.95. The molecule has 3 aromatic rings. The first-order valence-electron chi connectivity index (χ1n) is 7.95. The number of halogens is 1. The van der Waals surface area contributed by atoms with E-state index in [0.717, 1.165) is 28.9 Å². The van der Waals surface area contributed by atoms with Gasteiger partial charge < -0.3 is 4.74 Å². The van der Waals surface area contributed by atoms with Gasteiger partial charge in [-0.2, -0.15) is 5.10 Å². The van der Waals surface area contributed by atoms with Crippen LogP contribution in [0.3, 0.4) is 0 Å². The summed E-state index contributed by atoms with van der Waals surface area (Å²) in [6.45, 7) is 5.15. The molecule has 0 saturated carbocycles. The maximum absolute atomic E-state index is 6.13. The average Bonchev–Trinajstić information content (AvgIpc) is 3.04. The Hall–Kier alpha value is -2.40. The zero-order chi connectivity index (χ0) is 16.9. The Bertz CT molecular complexity index is 831. The normalized spacial score (nSPS) is 10.8. The summed E-state index contributed by atoms with van der Waals surface area (Å²) in [5.41, 5.74) is 2.93. The summed E-state index contributed by atoms with van der Waals surface area (Å²) in [5, 5.41) is 5.11. The smallest absolute Gasteiger partial charge is 0.221 e. The molecule has 0 N–H and O–H groups in total. The second-order valence-corrected chi connectivity index (χ2v) is 5.79. The molecule has 0 aliphatic rings. The molecule has 0 amide bonds. The largest absolute Gasteiger partial charge is 0.478 e. The number of benzene rings is 1. The Morgan fingerprint density at radius 3 is 2.75 bits per heavy atom. The molecule has 0 fully saturated rings. The highest BCUT2D eigenvalue weighted by Gasteiger charge is 2.11. The fraction of sp³-hybridized carbons (Fsp3) is 0.278. The van der Waals surface area contributed by atoms with Gasteiger partial charge in [-0.3, -0.25) is 0 Å². The highest BCUT2D eigenvalue weighted by atomic mass is 35.5. The van der Waals surface area contributed by atoms with Crippen LogP contribution >= 0.6 is 11.6 Å². The molecule has 0 aliphatic carbocycles. The third kappa shape index (κ3) is 3.74. The van der Waals surface area contributed by atoms with Gasteiger partial charge in [-0.1, -0.05) is 30.7 Å². The first-order valence-corrected chi connectivity index (χ1v) is 8.33. The molecule has 0 aliphatic heterocycles. The van der Waals surface area contributed by atoms with E-state index >= 15 is 0 Å². The summed E-state index contributed by atoms with van der Waals surface area (Å²) < 4.78 is 7.49. The third-order valence-electron chi connectivity index (χ3n) is 3.57. The molecule has 6 heteroatoms. The highest BCUT2D eigenvalue weighted by Crippen LogP contribution is 2.30. The van der Waals surface area contributed by atoms with Crippen LogP contribution in [-0.4, -0.2) is 26.4 Å². The lowest BCUT2D eigenvalue weighted by atomic mass is 10.1. The highest BCUT2D eigenvalue weighted by molar-refractivity contribution is 6.30. The minimum atomic E-state index is 0.558. The fourth-order valence-corrected chi connectivity index (χ4v) is 2.65. The lowest BCUT2D eigenvalue weighted by Gasteiger charge is -2.11. The van der Waals surface area contributed by atoms with Gasteiger partial charge >= 0.3 is 0 Å². The standard InChI is InChI=1S/C18H19ClN4O/c1-3-17-21-12-23(22-17)11-13-8-16(18(20-10-13)24-4-2)14-6-5-7-15(19)9-14/h5-10,12H,3-4,11H2,1-2H3. The maximum atomic E-state index is 6.13. The Labute approximate surface area is 146 Å². The predicted octanol–water partition coefficient (Wildman–Crippen LogP) is 4.00. The van der Waals surface area contributed by atoms with Crippen LogP contribution < -0.4 is 4.74 Å². The molecular formula is C18H19ClN4O. The predicted molar refractivity (Wildman–Crippen MR) is 94.4 cm³/mol. The van der Waals surface area contributed by atoms with Crippen molar-refractivity contribution in [3.05, 3.63) is 59.3 Å². The number of pyridine rings is 1. The zero-order valence-electron chi connectivity index (χ0n) is 13.7. The van der Waals surface area contributed by atoms with Crippen molar-refractivity contribution < 1.29 is 4.74 Å². The fourth-order valence-electron chi connectivity index (χ4n) is 2.45. The van der Waals surface area contributed by atoms with Crippen LogP contribution in [0, 0.1) is 0 Å². The summed E-state index contributed by atoms with van der Waals surface area (Å²) in [7, 11) is 0. The van der Waals surface area contributed by atoms with Crippen molar-refractivity contribution in [1.29, 1.82) is 0 Å². The number of hydrogen-bond donors (Lipinski definition) is 0. The molecule has 3 rings (SSSR count). The van der Waals surface area contributed by atoms with Gasteiger partial charge in [0, 0.05) is 23.2 Å². The van der Waals surface area contributed by atoms with Crippen molar-refractivity contribution in [1.82, 2.24) is 19.7 Å². The van der Waals surface area contributed by atoms with Crippen molar-refractivity contribution in [2.24, 2.45) is 0 Å². The van der Waals surface area contributed by atoms with Gasteiger partial charge in [0.05, 0.1) is 13.2 Å². The van der Waals surface area contributed by atoms with Crippen molar-refractivity contribution in [3.8, 4) is 17.0 Å². The van der Waals surface area contributed by atoms with E-state index in [1.807, 2.05) is 49.0 Å². The quantitative estimate of drug-likeness (QED) is 0.679. The molecule has 0 radical (unpaired) electrons. The van der Waals surface area contributed by atoms with E-state index in [1.165, 1.54) is 0 Å². The Kier molecular flexibility index (Phi) is 5.11. The van der Waals surface area contributed by atoms with E-state index in [4.69, 9.17) is 16.3 Å². The molecule has 24 heavy (non-hydrogen) atoms. The molecule has 5 nitrogen and oxygen atoms in total. The van der Waals surface area contributed by atoms with Crippen molar-refractivity contribution in [2.45, 2.75) is 26.8 Å². The van der Waals surface area contributed by atoms with Crippen LogP contribution in [0.4, 0.5) is 0 Å². The number of hydrogen-bond acceptors (Lipinski definition) is 4. The van der Waals surface area contributed by atoms with E-state index in [-0.39, 0.29) is 0 Å². The number of rotatable bonds is 6. The molecule has 124 valence electrons. The van der Waals surface area contributed by atoms with Crippen LogP contribution in [0.15, 0.2) is 42.9 Å². The van der Waals surface area contributed by atoms with Crippen molar-refractivity contribution in [2.75, 3.05) is 6.61 Å². The molecule has 0 saturated heterocycles. The monoisotopic (exact) mass is 342 g/mol. The molecule has 2 heterocycles. The van der Waals surface area contributed by atoms with Gasteiger partial charge in [0.1, 0.15) is 12.2 Å². The first-order chi connectivity index (χ1) is 11.7. The van der Waals surface area contributed by atoms with Gasteiger partial charge in [-0.15, -0.1) is 0 Å². The second kappa shape index (κ2) is 7.45. The van der Waals surface area contributed by atoms with Gasteiger partial charge in [0.2, 0.25) is 5.88 Å². The lowest BCUT2D eigenvalue weighted by Crippen LogP contribution is -2.04. The van der Waals surface area contributed by atoms with E-state index in [0.29, 0.717) is 24.1 Å². The first kappa shape index (κ1) is 16.5. The van der Waals surface area contributed by atoms with Crippen molar-refractivity contribution in [3.63, 3.8) is 0 Å². The Morgan fingerprint density at radius 1 is 1.17 bits per heavy atom. The van der Waals surface area contributed by atoms with Crippen LogP contribution in [0.5, 0.6) is 5.88 Å². The third-order valence-corrected chi connectivity index (χ3v) is 3.80. The van der Waals surface area contributed by atoms with Crippen molar-refractivity contribution >= 4 is 11.6 Å². The van der Waals surface area contributed by atoms with Gasteiger partial charge in [-0.05, 0) is 36.2 Å². The van der Waals surface area contributed by atoms with Crippen LogP contribution in [0.1, 0.15) is 25.2 Å². The molecular weight excluding hydrogens is 324 g/mol. The average molecular weight is 343 g/mol. The summed E-state index contributed by atoms with van der Waals surface area (Å²) in [6.07, 6.45) is 4.38. The van der Waals surface area contributed by atoms with Crippen LogP contribution in [0.25, 0.3) is 11.1 Å². The zero-order valence-corrected chi connectivity index (χ0v) is 14.5. The van der Waals surface area contributed by atoms with Gasteiger partial charge in [0.25, 0.3) is 0 Å².